The van der Waals surface area contributed by atoms with Crippen LogP contribution in [0.2, 0.25) is 0 Å². The van der Waals surface area contributed by atoms with Gasteiger partial charge in [-0.1, -0.05) is 18.6 Å². The standard InChI is InChI=1S/C12H21N/c1-10-7-8-12(10)13-9-11-5-3-2-4-6-11/h5,10,12-13H,2-4,6-9H2,1H3. The molecule has 1 saturated carbocycles. The van der Waals surface area contributed by atoms with Crippen LogP contribution >= 0.6 is 0 Å². The molecule has 0 aromatic rings. The molecule has 0 spiro atoms. The molecule has 0 radical (unpaired) electrons. The van der Waals surface area contributed by atoms with Gasteiger partial charge in [0.2, 0.25) is 0 Å². The van der Waals surface area contributed by atoms with Gasteiger partial charge in [0.05, 0.1) is 0 Å². The average Bonchev–Trinajstić information content (AvgIpc) is 2.17. The predicted octanol–water partition coefficient (Wildman–Crippen LogP) is 2.87. The van der Waals surface area contributed by atoms with Crippen LogP contribution in [0.15, 0.2) is 11.6 Å². The van der Waals surface area contributed by atoms with Crippen molar-refractivity contribution in [2.75, 3.05) is 6.54 Å². The van der Waals surface area contributed by atoms with E-state index in [0.29, 0.717) is 0 Å². The van der Waals surface area contributed by atoms with Gasteiger partial charge in [0.25, 0.3) is 0 Å². The zero-order chi connectivity index (χ0) is 9.10. The van der Waals surface area contributed by atoms with Crippen LogP contribution in [-0.2, 0) is 0 Å². The summed E-state index contributed by atoms with van der Waals surface area (Å²) in [5, 5.41) is 3.67. The van der Waals surface area contributed by atoms with Crippen LogP contribution in [0, 0.1) is 5.92 Å². The molecule has 0 aromatic carbocycles. The summed E-state index contributed by atoms with van der Waals surface area (Å²) in [7, 11) is 0. The second kappa shape index (κ2) is 4.28. The molecule has 2 aliphatic carbocycles. The fraction of sp³-hybridized carbons (Fsp3) is 0.833. The predicted molar refractivity (Wildman–Crippen MR) is 56.7 cm³/mol. The van der Waals surface area contributed by atoms with Crippen molar-refractivity contribution >= 4 is 0 Å². The van der Waals surface area contributed by atoms with E-state index in [-0.39, 0.29) is 0 Å². The summed E-state index contributed by atoms with van der Waals surface area (Å²) >= 11 is 0. The molecule has 0 saturated heterocycles. The highest BCUT2D eigenvalue weighted by atomic mass is 14.9. The average molecular weight is 179 g/mol. The lowest BCUT2D eigenvalue weighted by molar-refractivity contribution is 0.234. The molecule has 2 aliphatic rings. The molecular formula is C12H21N. The molecule has 1 heteroatoms. The maximum absolute atomic E-state index is 3.67. The largest absolute Gasteiger partial charge is 0.310 e. The van der Waals surface area contributed by atoms with E-state index in [9.17, 15) is 0 Å². The summed E-state index contributed by atoms with van der Waals surface area (Å²) in [5.74, 6) is 0.921. The van der Waals surface area contributed by atoms with Gasteiger partial charge >= 0.3 is 0 Å². The Morgan fingerprint density at radius 2 is 2.31 bits per heavy atom. The molecule has 1 fully saturated rings. The van der Waals surface area contributed by atoms with Crippen LogP contribution in [0.1, 0.15) is 45.4 Å². The van der Waals surface area contributed by atoms with Crippen LogP contribution in [0.5, 0.6) is 0 Å². The maximum atomic E-state index is 3.67. The van der Waals surface area contributed by atoms with E-state index < -0.39 is 0 Å². The Morgan fingerprint density at radius 1 is 1.38 bits per heavy atom. The summed E-state index contributed by atoms with van der Waals surface area (Å²) in [6.45, 7) is 3.52. The highest BCUT2D eigenvalue weighted by Gasteiger charge is 2.25. The minimum atomic E-state index is 0.822. The van der Waals surface area contributed by atoms with Gasteiger partial charge in [-0.25, -0.2) is 0 Å². The lowest BCUT2D eigenvalue weighted by Gasteiger charge is -2.35. The second-order valence-electron chi connectivity index (χ2n) is 4.65. The van der Waals surface area contributed by atoms with E-state index >= 15 is 0 Å². The molecule has 0 aromatic heterocycles. The highest BCUT2D eigenvalue weighted by molar-refractivity contribution is 5.07. The monoisotopic (exact) mass is 179 g/mol. The van der Waals surface area contributed by atoms with E-state index in [1.165, 1.54) is 38.5 Å². The van der Waals surface area contributed by atoms with Gasteiger partial charge in [0, 0.05) is 12.6 Å². The van der Waals surface area contributed by atoms with E-state index in [1.807, 2.05) is 0 Å². The molecule has 2 unspecified atom stereocenters. The van der Waals surface area contributed by atoms with Gasteiger partial charge in [0.15, 0.2) is 0 Å². The lowest BCUT2D eigenvalue weighted by atomic mass is 9.81. The van der Waals surface area contributed by atoms with E-state index in [4.69, 9.17) is 0 Å². The second-order valence-corrected chi connectivity index (χ2v) is 4.65. The Kier molecular flexibility index (Phi) is 3.05. The van der Waals surface area contributed by atoms with E-state index in [0.717, 1.165) is 18.5 Å². The first kappa shape index (κ1) is 9.26. The lowest BCUT2D eigenvalue weighted by Crippen LogP contribution is -2.43. The minimum Gasteiger partial charge on any atom is -0.310 e. The van der Waals surface area contributed by atoms with Crippen molar-refractivity contribution in [1.82, 2.24) is 5.32 Å². The van der Waals surface area contributed by atoms with Gasteiger partial charge in [-0.15, -0.1) is 0 Å². The number of hydrogen-bond donors (Lipinski definition) is 1. The summed E-state index contributed by atoms with van der Waals surface area (Å²) in [5.41, 5.74) is 1.66. The van der Waals surface area contributed by atoms with Crippen molar-refractivity contribution in [3.8, 4) is 0 Å². The van der Waals surface area contributed by atoms with Gasteiger partial charge in [-0.3, -0.25) is 0 Å². The number of nitrogens with one attached hydrogen (secondary N) is 1. The Balaban J connectivity index is 1.69. The Bertz CT molecular complexity index is 195. The number of allylic oxidation sites excluding steroid dienone is 1. The van der Waals surface area contributed by atoms with Crippen molar-refractivity contribution in [2.45, 2.75) is 51.5 Å². The first-order valence-electron chi connectivity index (χ1n) is 5.77. The molecule has 1 nitrogen and oxygen atoms in total. The highest BCUT2D eigenvalue weighted by Crippen LogP contribution is 2.27. The summed E-state index contributed by atoms with van der Waals surface area (Å²) in [4.78, 5) is 0. The maximum Gasteiger partial charge on any atom is 0.0167 e. The number of hydrogen-bond acceptors (Lipinski definition) is 1. The van der Waals surface area contributed by atoms with Crippen LogP contribution in [-0.4, -0.2) is 12.6 Å². The van der Waals surface area contributed by atoms with Crippen molar-refractivity contribution in [3.63, 3.8) is 0 Å². The smallest absolute Gasteiger partial charge is 0.0167 e. The molecule has 0 heterocycles. The molecule has 74 valence electrons. The molecule has 0 aliphatic heterocycles. The van der Waals surface area contributed by atoms with Crippen LogP contribution in [0.25, 0.3) is 0 Å². The van der Waals surface area contributed by atoms with Crippen molar-refractivity contribution < 1.29 is 0 Å². The van der Waals surface area contributed by atoms with Gasteiger partial charge in [-0.05, 0) is 44.4 Å². The van der Waals surface area contributed by atoms with Gasteiger partial charge in [-0.2, -0.15) is 0 Å². The van der Waals surface area contributed by atoms with Crippen molar-refractivity contribution in [1.29, 1.82) is 0 Å². The van der Waals surface area contributed by atoms with Crippen molar-refractivity contribution in [3.05, 3.63) is 11.6 Å². The normalized spacial score (nSPS) is 33.8. The summed E-state index contributed by atoms with van der Waals surface area (Å²) in [6.07, 6.45) is 10.7. The quantitative estimate of drug-likeness (QED) is 0.657. The Hall–Kier alpha value is -0.300. The fourth-order valence-corrected chi connectivity index (χ4v) is 2.30. The zero-order valence-corrected chi connectivity index (χ0v) is 8.68. The molecule has 1 N–H and O–H groups in total. The molecule has 13 heavy (non-hydrogen) atoms. The van der Waals surface area contributed by atoms with E-state index in [1.54, 1.807) is 5.57 Å². The summed E-state index contributed by atoms with van der Waals surface area (Å²) in [6, 6.07) is 0.822. The molecule has 2 rings (SSSR count). The van der Waals surface area contributed by atoms with Gasteiger partial charge < -0.3 is 5.32 Å². The first-order chi connectivity index (χ1) is 6.36. The molecule has 0 bridgehead atoms. The molecule has 0 amide bonds. The van der Waals surface area contributed by atoms with Crippen LogP contribution in [0.3, 0.4) is 0 Å². The topological polar surface area (TPSA) is 12.0 Å². The molecule has 2 atom stereocenters. The minimum absolute atomic E-state index is 0.822. The first-order valence-corrected chi connectivity index (χ1v) is 5.77. The Morgan fingerprint density at radius 3 is 2.85 bits per heavy atom. The van der Waals surface area contributed by atoms with Crippen LogP contribution < -0.4 is 5.32 Å². The van der Waals surface area contributed by atoms with Gasteiger partial charge in [0.1, 0.15) is 0 Å². The SMILES string of the molecule is CC1CCC1NCC1=CCCCC1. The Labute approximate surface area is 81.6 Å². The third kappa shape index (κ3) is 2.34. The fourth-order valence-electron chi connectivity index (χ4n) is 2.30. The molecular weight excluding hydrogens is 158 g/mol. The number of rotatable bonds is 3. The summed E-state index contributed by atoms with van der Waals surface area (Å²) < 4.78 is 0. The van der Waals surface area contributed by atoms with Crippen LogP contribution in [0.4, 0.5) is 0 Å². The third-order valence-corrected chi connectivity index (χ3v) is 3.60. The van der Waals surface area contributed by atoms with E-state index in [2.05, 4.69) is 18.3 Å². The third-order valence-electron chi connectivity index (χ3n) is 3.60. The zero-order valence-electron chi connectivity index (χ0n) is 8.68. The van der Waals surface area contributed by atoms with Crippen molar-refractivity contribution in [2.24, 2.45) is 5.92 Å².